The Labute approximate surface area is 853 Å². The number of nitrogens with two attached hydrogens (primary N) is 1. The third-order valence-corrected chi connectivity index (χ3v) is 21.9. The number of fused-ring (bicyclic) bond motifs is 1. The molecule has 6 N–H and O–H groups in total. The second-order valence-electron chi connectivity index (χ2n) is 33.9. The number of amides is 6. The van der Waals surface area contributed by atoms with E-state index in [-0.39, 0.29) is 94.8 Å². The van der Waals surface area contributed by atoms with Crippen LogP contribution in [0.2, 0.25) is 0 Å². The van der Waals surface area contributed by atoms with Crippen molar-refractivity contribution in [3.63, 3.8) is 0 Å². The first kappa shape index (κ1) is 113. The maximum atomic E-state index is 13.1. The molecule has 0 radical (unpaired) electrons. The fourth-order valence-corrected chi connectivity index (χ4v) is 15.3. The van der Waals surface area contributed by atoms with Crippen LogP contribution in [-0.4, -0.2) is 287 Å². The van der Waals surface area contributed by atoms with E-state index in [1.807, 2.05) is 133 Å². The largest absolute Gasteiger partial charge is 0.494 e. The second kappa shape index (κ2) is 66.7. The first-order chi connectivity index (χ1) is 71.6. The molecule has 0 fully saturated rings. The van der Waals surface area contributed by atoms with E-state index >= 15 is 0 Å². The molecule has 778 valence electrons. The van der Waals surface area contributed by atoms with E-state index in [1.54, 1.807) is 102 Å². The topological polar surface area (TPSA) is 425 Å². The molecule has 8 aromatic heterocycles. The van der Waals surface area contributed by atoms with Crippen LogP contribution >= 0.6 is 0 Å². The maximum absolute atomic E-state index is 13.1. The molecule has 12 rings (SSSR count). The van der Waals surface area contributed by atoms with Crippen LogP contribution in [0.1, 0.15) is 114 Å². The maximum Gasteiger partial charge on any atom is 0.261 e. The van der Waals surface area contributed by atoms with Crippen LogP contribution in [0, 0.1) is 0 Å². The lowest BCUT2D eigenvalue weighted by molar-refractivity contribution is -0.122. The zero-order chi connectivity index (χ0) is 102. The van der Waals surface area contributed by atoms with Gasteiger partial charge in [0.05, 0.1) is 176 Å². The summed E-state index contributed by atoms with van der Waals surface area (Å²) in [5.74, 6) is 1.22. The Hall–Kier alpha value is -13.2. The highest BCUT2D eigenvalue weighted by molar-refractivity contribution is 6.21. The van der Waals surface area contributed by atoms with Crippen LogP contribution in [0.5, 0.6) is 11.5 Å². The summed E-state index contributed by atoms with van der Waals surface area (Å²) in [5, 5.41) is 11.4. The minimum absolute atomic E-state index is 0.123. The summed E-state index contributed by atoms with van der Waals surface area (Å²) in [6.45, 7) is 13.3. The van der Waals surface area contributed by atoms with Crippen LogP contribution in [-0.2, 0) is 155 Å². The molecule has 0 atom stereocenters. The number of aromatic nitrogens is 8. The number of ether oxygens (including phenoxy) is 14. The smallest absolute Gasteiger partial charge is 0.261 e. The summed E-state index contributed by atoms with van der Waals surface area (Å²) in [4.78, 5) is 125. The van der Waals surface area contributed by atoms with Gasteiger partial charge in [-0.3, -0.25) is 73.2 Å². The van der Waals surface area contributed by atoms with E-state index in [9.17, 15) is 28.8 Å². The summed E-state index contributed by atoms with van der Waals surface area (Å²) in [5.41, 5.74) is 17.2. The van der Waals surface area contributed by atoms with Gasteiger partial charge in [-0.05, 0) is 188 Å². The van der Waals surface area contributed by atoms with Gasteiger partial charge in [-0.25, -0.2) is 19.9 Å². The molecule has 0 spiro atoms. The standard InChI is InChI=1S/C58H69N9O11.C50H67N9O9/c1-72-25-27-74-29-31-76-42-55(68)63-53-19-11-15-48(61-53)40-65(38-46-13-5-7-21-59-46)36-44-33-45(35-50(34-44)78-24-10-9-23-67-57(70)51-17-3-4-18-52(51)58(67)71)37-66(39-47-14-6-8-22-60-47)41-49-16-12-20-54(62-49)64-56(69)43-77-32-30-75-28-26-73-2;1-62-21-23-64-25-27-66-38-49(60)56-47-15-9-13-44(54-47)36-58(34-42-11-3-6-18-52-42)32-40-29-41(31-46(30-40)68-20-8-5-17-51)33-59(35-43-12-4-7-19-53-43)37-45-14-10-16-48(55-45)57-50(61)39-67-28-26-65-24-22-63-2/h3-8,11-22,33-35H,9-10,23-32,36-43H2,1-2H3,(H,61,63,68)(H,62,64,69);3-4,6-7,9-16,18-19,29-31H,5,8,17,20-28,32-39,51H2,1-2H3,(H,54,56,60)(H,55,57,61). The van der Waals surface area contributed by atoms with Gasteiger partial charge in [-0.15, -0.1) is 0 Å². The Balaban J connectivity index is 0.000000281. The molecule has 6 amide bonds. The average Bonchev–Trinajstić information content (AvgIpc) is 1.64. The van der Waals surface area contributed by atoms with Gasteiger partial charge in [0.2, 0.25) is 0 Å². The molecule has 0 saturated carbocycles. The summed E-state index contributed by atoms with van der Waals surface area (Å²) in [6, 6.07) is 65.0. The zero-order valence-electron chi connectivity index (χ0n) is 83.8. The number of carbonyl (C=O) groups is 6. The highest BCUT2D eigenvalue weighted by atomic mass is 16.6. The lowest BCUT2D eigenvalue weighted by Gasteiger charge is -2.25. The molecule has 0 unspecified atom stereocenters. The number of imide groups is 1. The molecule has 146 heavy (non-hydrogen) atoms. The van der Waals surface area contributed by atoms with Crippen LogP contribution in [0.15, 0.2) is 231 Å². The number of methoxy groups -OCH3 is 4. The fourth-order valence-electron chi connectivity index (χ4n) is 15.3. The molecule has 0 saturated heterocycles. The van der Waals surface area contributed by atoms with E-state index in [1.165, 1.54) is 4.90 Å². The van der Waals surface area contributed by atoms with Gasteiger partial charge in [0.25, 0.3) is 35.4 Å². The van der Waals surface area contributed by atoms with E-state index in [2.05, 4.69) is 85.1 Å². The highest BCUT2D eigenvalue weighted by Crippen LogP contribution is 2.29. The summed E-state index contributed by atoms with van der Waals surface area (Å²) < 4.78 is 76.5. The zero-order valence-corrected chi connectivity index (χ0v) is 83.8. The molecule has 0 bridgehead atoms. The first-order valence-electron chi connectivity index (χ1n) is 48.9. The normalized spacial score (nSPS) is 11.7. The number of pyridine rings is 8. The lowest BCUT2D eigenvalue weighted by Crippen LogP contribution is -2.30. The van der Waals surface area contributed by atoms with Crippen LogP contribution in [0.4, 0.5) is 23.3 Å². The number of hydrogen-bond acceptors (Lipinski definition) is 33. The molecule has 3 aromatic carbocycles. The summed E-state index contributed by atoms with van der Waals surface area (Å²) >= 11 is 0. The van der Waals surface area contributed by atoms with Gasteiger partial charge in [0.15, 0.2) is 0 Å². The molecule has 38 nitrogen and oxygen atoms in total. The minimum atomic E-state index is -0.334. The first-order valence-corrected chi connectivity index (χ1v) is 48.9. The SMILES string of the molecule is COCCOCCOCC(=O)Nc1cccc(CN(Cc2cc(CN(Cc3ccccn3)Cc3cccc(NC(=O)COCCOCCOC)n3)cc(OCCCCN)c2)Cc2ccccn2)n1.COCCOCCOCC(=O)Nc1cccc(CN(Cc2cc(CN(Cc3ccccn3)Cc3cccc(NC(=O)COCCOCCOC)n3)cc(OCCCCN3C(=O)c4ccccc4C3=O)c2)Cc2ccccn2)n1. The quantitative estimate of drug-likeness (QED) is 0.0175. The Bertz CT molecular complexity index is 5350. The molecular weight excluding hydrogens is 1870 g/mol. The molecule has 11 aromatic rings. The number of nitrogens with one attached hydrogen (secondary N) is 4. The van der Waals surface area contributed by atoms with Gasteiger partial charge in [-0.2, -0.15) is 0 Å². The fraction of sp³-hybridized carbons (Fsp3) is 0.407. The van der Waals surface area contributed by atoms with E-state index < -0.39 is 0 Å². The molecule has 1 aliphatic heterocycles. The predicted octanol–water partition coefficient (Wildman–Crippen LogP) is 11.4. The van der Waals surface area contributed by atoms with Crippen molar-refractivity contribution in [1.29, 1.82) is 0 Å². The van der Waals surface area contributed by atoms with Crippen molar-refractivity contribution in [3.8, 4) is 11.5 Å². The summed E-state index contributed by atoms with van der Waals surface area (Å²) in [6.07, 6.45) is 9.94. The van der Waals surface area contributed by atoms with Crippen molar-refractivity contribution in [3.05, 3.63) is 310 Å². The third kappa shape index (κ3) is 44.0. The van der Waals surface area contributed by atoms with E-state index in [4.69, 9.17) is 92.0 Å². The molecule has 9 heterocycles. The molecule has 38 heteroatoms. The number of rotatable bonds is 71. The second-order valence-corrected chi connectivity index (χ2v) is 33.9. The Kier molecular flexibility index (Phi) is 51.7. The molecule has 1 aliphatic rings. The number of benzene rings is 3. The van der Waals surface area contributed by atoms with E-state index in [0.717, 1.165) is 86.4 Å². The van der Waals surface area contributed by atoms with Crippen molar-refractivity contribution >= 4 is 58.7 Å². The number of anilines is 4. The minimum Gasteiger partial charge on any atom is -0.494 e. The van der Waals surface area contributed by atoms with Crippen molar-refractivity contribution in [2.45, 2.75) is 104 Å². The van der Waals surface area contributed by atoms with Crippen LogP contribution in [0.3, 0.4) is 0 Å². The number of unbranched alkanes of at least 4 members (excludes halogenated alkanes) is 2. The van der Waals surface area contributed by atoms with Crippen LogP contribution < -0.4 is 36.5 Å². The molecular formula is C108H136N18O20. The Morgan fingerprint density at radius 1 is 0.281 bits per heavy atom. The predicted molar refractivity (Wildman–Crippen MR) is 547 cm³/mol. The average molecular weight is 2010 g/mol. The number of carbonyl (C=O) groups excluding carboxylic acids is 6. The van der Waals surface area contributed by atoms with Gasteiger partial charge in [0.1, 0.15) is 61.2 Å². The van der Waals surface area contributed by atoms with Crippen molar-refractivity contribution in [2.24, 2.45) is 5.73 Å². The third-order valence-electron chi connectivity index (χ3n) is 21.9. The van der Waals surface area contributed by atoms with Crippen LogP contribution in [0.25, 0.3) is 0 Å². The van der Waals surface area contributed by atoms with Gasteiger partial charge in [-0.1, -0.05) is 72.8 Å². The number of hydrogen-bond donors (Lipinski definition) is 5. The Morgan fingerprint density at radius 3 is 0.801 bits per heavy atom. The number of nitrogens with zero attached hydrogens (tertiary/aromatic N) is 13. The van der Waals surface area contributed by atoms with Gasteiger partial charge >= 0.3 is 0 Å². The van der Waals surface area contributed by atoms with Gasteiger partial charge < -0.3 is 93.3 Å². The Morgan fingerprint density at radius 2 is 0.534 bits per heavy atom. The van der Waals surface area contributed by atoms with Crippen molar-refractivity contribution < 1.29 is 95.1 Å². The van der Waals surface area contributed by atoms with Crippen molar-refractivity contribution in [2.75, 3.05) is 208 Å². The van der Waals surface area contributed by atoms with Gasteiger partial charge in [0, 0.05) is 138 Å². The highest BCUT2D eigenvalue weighted by Gasteiger charge is 2.35. The van der Waals surface area contributed by atoms with Crippen molar-refractivity contribution in [1.82, 2.24) is 64.4 Å². The lowest BCUT2D eigenvalue weighted by atomic mass is 10.1. The monoisotopic (exact) mass is 2010 g/mol. The summed E-state index contributed by atoms with van der Waals surface area (Å²) in [7, 11) is 6.43. The van der Waals surface area contributed by atoms with E-state index in [0.29, 0.717) is 231 Å². The molecule has 0 aliphatic carbocycles.